The van der Waals surface area contributed by atoms with Crippen molar-refractivity contribution in [2.75, 3.05) is 0 Å². The number of benzene rings is 5. The van der Waals surface area contributed by atoms with Gasteiger partial charge in [0.1, 0.15) is 0 Å². The molecule has 0 atom stereocenters. The predicted octanol–water partition coefficient (Wildman–Crippen LogP) is 5.49. The summed E-state index contributed by atoms with van der Waals surface area (Å²) < 4.78 is 29.6. The van der Waals surface area contributed by atoms with Crippen LogP contribution in [0.4, 0.5) is 0 Å². The fourth-order valence-electron chi connectivity index (χ4n) is 3.64. The van der Waals surface area contributed by atoms with Crippen molar-refractivity contribution >= 4 is 48.3 Å². The molecule has 5 nitrogen and oxygen atoms in total. The van der Waals surface area contributed by atoms with E-state index in [-0.39, 0.29) is 10.8 Å². The van der Waals surface area contributed by atoms with Gasteiger partial charge in [-0.15, -0.1) is 0 Å². The highest BCUT2D eigenvalue weighted by Crippen LogP contribution is 2.29. The Kier molecular flexibility index (Phi) is 5.65. The van der Waals surface area contributed by atoms with Crippen molar-refractivity contribution in [3.8, 4) is 0 Å². The number of hydrogen-bond donors (Lipinski definition) is 2. The van der Waals surface area contributed by atoms with Crippen LogP contribution in [0.15, 0.2) is 95.9 Å². The van der Waals surface area contributed by atoms with Crippen LogP contribution in [0.1, 0.15) is 15.9 Å². The molecule has 0 spiro atoms. The number of primary amides is 1. The van der Waals surface area contributed by atoms with E-state index in [0.717, 1.165) is 21.7 Å². The van der Waals surface area contributed by atoms with Crippen molar-refractivity contribution in [2.45, 2.75) is 11.8 Å². The number of carbonyl (C=O) groups is 1. The van der Waals surface area contributed by atoms with E-state index in [1.165, 1.54) is 28.3 Å². The number of carbonyl (C=O) groups excluding carboxylic acids is 1. The number of hydrogen-bond acceptors (Lipinski definition) is 3. The van der Waals surface area contributed by atoms with Gasteiger partial charge in [-0.2, -0.15) is 8.42 Å². The third kappa shape index (κ3) is 4.46. The monoisotopic (exact) mass is 443 g/mol. The smallest absolute Gasteiger partial charge is 0.294 e. The first-order valence-electron chi connectivity index (χ1n) is 9.91. The Bertz CT molecular complexity index is 1570. The van der Waals surface area contributed by atoms with E-state index in [1.54, 1.807) is 18.2 Å². The van der Waals surface area contributed by atoms with Gasteiger partial charge in [0.05, 0.1) is 4.90 Å². The lowest BCUT2D eigenvalue weighted by Crippen LogP contribution is -2.11. The summed E-state index contributed by atoms with van der Waals surface area (Å²) in [6.45, 7) is 1.84. The Morgan fingerprint density at radius 3 is 1.81 bits per heavy atom. The molecule has 0 unspecified atom stereocenters. The summed E-state index contributed by atoms with van der Waals surface area (Å²) in [5, 5.41) is 6.65. The van der Waals surface area contributed by atoms with E-state index in [9.17, 15) is 13.2 Å². The minimum atomic E-state index is -4.02. The SMILES string of the molecule is Cc1ccc(S(=O)(=O)O)cc1.NC(=O)c1cccc2cc3cc4ccccc4cc3cc12. The molecular formula is C26H21NO4S. The topological polar surface area (TPSA) is 97.5 Å². The zero-order chi connectivity index (χ0) is 22.9. The van der Waals surface area contributed by atoms with Crippen LogP contribution >= 0.6 is 0 Å². The molecule has 5 aromatic carbocycles. The Balaban J connectivity index is 0.000000189. The van der Waals surface area contributed by atoms with Gasteiger partial charge in [-0.3, -0.25) is 9.35 Å². The van der Waals surface area contributed by atoms with Gasteiger partial charge in [0.25, 0.3) is 10.1 Å². The molecule has 0 radical (unpaired) electrons. The zero-order valence-electron chi connectivity index (χ0n) is 17.3. The van der Waals surface area contributed by atoms with E-state index in [0.29, 0.717) is 5.56 Å². The normalized spacial score (nSPS) is 11.3. The minimum absolute atomic E-state index is 0.0666. The second-order valence-electron chi connectivity index (χ2n) is 7.58. The molecule has 0 aliphatic rings. The van der Waals surface area contributed by atoms with Crippen LogP contribution in [0.25, 0.3) is 32.3 Å². The second-order valence-corrected chi connectivity index (χ2v) is 9.00. The van der Waals surface area contributed by atoms with Crippen molar-refractivity contribution in [1.29, 1.82) is 0 Å². The third-order valence-electron chi connectivity index (χ3n) is 5.29. The van der Waals surface area contributed by atoms with Crippen LogP contribution in [0, 0.1) is 6.92 Å². The maximum Gasteiger partial charge on any atom is 0.294 e. The van der Waals surface area contributed by atoms with Crippen LogP contribution in [-0.2, 0) is 10.1 Å². The number of nitrogens with two attached hydrogens (primary N) is 1. The highest BCUT2D eigenvalue weighted by molar-refractivity contribution is 7.85. The van der Waals surface area contributed by atoms with E-state index < -0.39 is 10.1 Å². The Hall–Kier alpha value is -3.74. The van der Waals surface area contributed by atoms with Crippen molar-refractivity contribution in [2.24, 2.45) is 5.73 Å². The largest absolute Gasteiger partial charge is 0.366 e. The van der Waals surface area contributed by atoms with Crippen LogP contribution in [0.5, 0.6) is 0 Å². The Morgan fingerprint density at radius 1 is 0.719 bits per heavy atom. The van der Waals surface area contributed by atoms with E-state index in [1.807, 2.05) is 31.2 Å². The molecule has 0 saturated carbocycles. The quantitative estimate of drug-likeness (QED) is 0.279. The molecule has 0 saturated heterocycles. The maximum atomic E-state index is 11.6. The Labute approximate surface area is 185 Å². The summed E-state index contributed by atoms with van der Waals surface area (Å²) in [5.41, 5.74) is 7.00. The van der Waals surface area contributed by atoms with Gasteiger partial charge < -0.3 is 5.73 Å². The lowest BCUT2D eigenvalue weighted by molar-refractivity contribution is 0.100. The molecule has 0 bridgehead atoms. The standard InChI is InChI=1S/C19H13NO.C7H8O3S/c20-19(21)17-7-3-6-14-10-15-8-12-4-1-2-5-13(12)9-16(15)11-18(14)17;1-6-2-4-7(5-3-6)11(8,9)10/h1-11H,(H2,20,21);2-5H,1H3,(H,8,9,10). The molecule has 0 heterocycles. The molecule has 3 N–H and O–H groups in total. The first-order chi connectivity index (χ1) is 15.2. The highest BCUT2D eigenvalue weighted by atomic mass is 32.2. The number of aryl methyl sites for hydroxylation is 1. The molecule has 5 rings (SSSR count). The van der Waals surface area contributed by atoms with Gasteiger partial charge in [-0.25, -0.2) is 0 Å². The van der Waals surface area contributed by atoms with Crippen molar-refractivity contribution in [3.05, 3.63) is 102 Å². The summed E-state index contributed by atoms with van der Waals surface area (Å²) in [7, 11) is -4.02. The molecule has 1 amide bonds. The molecule has 32 heavy (non-hydrogen) atoms. The van der Waals surface area contributed by atoms with Gasteiger partial charge in [-0.1, -0.05) is 54.1 Å². The van der Waals surface area contributed by atoms with Gasteiger partial charge >= 0.3 is 0 Å². The molecule has 5 aromatic rings. The number of rotatable bonds is 2. The summed E-state index contributed by atoms with van der Waals surface area (Å²) in [5.74, 6) is -0.388. The predicted molar refractivity (Wildman–Crippen MR) is 128 cm³/mol. The van der Waals surface area contributed by atoms with E-state index >= 15 is 0 Å². The van der Waals surface area contributed by atoms with E-state index in [2.05, 4.69) is 36.4 Å². The average Bonchev–Trinajstić information content (AvgIpc) is 2.76. The van der Waals surface area contributed by atoms with Crippen molar-refractivity contribution < 1.29 is 17.8 Å². The first-order valence-corrected chi connectivity index (χ1v) is 11.4. The fraction of sp³-hybridized carbons (Fsp3) is 0.0385. The Morgan fingerprint density at radius 2 is 1.25 bits per heavy atom. The van der Waals surface area contributed by atoms with Crippen molar-refractivity contribution in [3.63, 3.8) is 0 Å². The molecule has 0 aromatic heterocycles. The van der Waals surface area contributed by atoms with Crippen LogP contribution in [-0.4, -0.2) is 18.9 Å². The van der Waals surface area contributed by atoms with Crippen LogP contribution in [0.3, 0.4) is 0 Å². The molecule has 0 aliphatic heterocycles. The summed E-state index contributed by atoms with van der Waals surface area (Å²) in [4.78, 5) is 11.5. The number of fused-ring (bicyclic) bond motifs is 3. The van der Waals surface area contributed by atoms with Gasteiger partial charge in [0.15, 0.2) is 0 Å². The first kappa shape index (κ1) is 21.5. The summed E-state index contributed by atoms with van der Waals surface area (Å²) in [6, 6.07) is 28.4. The lowest BCUT2D eigenvalue weighted by atomic mass is 9.97. The van der Waals surface area contributed by atoms with Crippen molar-refractivity contribution in [1.82, 2.24) is 0 Å². The summed E-state index contributed by atoms with van der Waals surface area (Å²) >= 11 is 0. The van der Waals surface area contributed by atoms with Crippen LogP contribution in [0.2, 0.25) is 0 Å². The van der Waals surface area contributed by atoms with E-state index in [4.69, 9.17) is 10.3 Å². The fourth-order valence-corrected chi connectivity index (χ4v) is 4.12. The average molecular weight is 444 g/mol. The molecular weight excluding hydrogens is 422 g/mol. The molecule has 0 aliphatic carbocycles. The maximum absolute atomic E-state index is 11.6. The third-order valence-corrected chi connectivity index (χ3v) is 6.15. The van der Waals surface area contributed by atoms with Gasteiger partial charge in [-0.05, 0) is 81.7 Å². The number of amides is 1. The zero-order valence-corrected chi connectivity index (χ0v) is 18.1. The van der Waals surface area contributed by atoms with Gasteiger partial charge in [0.2, 0.25) is 5.91 Å². The lowest BCUT2D eigenvalue weighted by Gasteiger charge is -2.07. The van der Waals surface area contributed by atoms with Crippen LogP contribution < -0.4 is 5.73 Å². The molecule has 0 fully saturated rings. The summed E-state index contributed by atoms with van der Waals surface area (Å²) in [6.07, 6.45) is 0. The highest BCUT2D eigenvalue weighted by Gasteiger charge is 2.08. The van der Waals surface area contributed by atoms with Gasteiger partial charge in [0, 0.05) is 5.56 Å². The minimum Gasteiger partial charge on any atom is -0.366 e. The molecule has 160 valence electrons. The second kappa shape index (κ2) is 8.42. The molecule has 6 heteroatoms.